The molecule has 22 heavy (non-hydrogen) atoms. The second-order valence-electron chi connectivity index (χ2n) is 5.66. The van der Waals surface area contributed by atoms with Crippen molar-refractivity contribution < 1.29 is 14.7 Å². The summed E-state index contributed by atoms with van der Waals surface area (Å²) >= 11 is 1.41. The summed E-state index contributed by atoms with van der Waals surface area (Å²) in [6.07, 6.45) is 0.447. The predicted octanol–water partition coefficient (Wildman–Crippen LogP) is 2.93. The third kappa shape index (κ3) is 2.31. The van der Waals surface area contributed by atoms with E-state index < -0.39 is 11.4 Å². The van der Waals surface area contributed by atoms with Crippen molar-refractivity contribution >= 4 is 23.2 Å². The molecule has 0 spiro atoms. The minimum absolute atomic E-state index is 0.0634. The van der Waals surface area contributed by atoms with Crippen molar-refractivity contribution in [2.45, 2.75) is 18.8 Å². The first-order valence-electron chi connectivity index (χ1n) is 7.17. The first-order chi connectivity index (χ1) is 10.5. The van der Waals surface area contributed by atoms with Gasteiger partial charge >= 0.3 is 5.97 Å². The van der Waals surface area contributed by atoms with E-state index in [0.717, 1.165) is 11.1 Å². The smallest absolute Gasteiger partial charge is 0.316 e. The molecule has 4 nitrogen and oxygen atoms in total. The van der Waals surface area contributed by atoms with Crippen LogP contribution in [-0.4, -0.2) is 35.0 Å². The Bertz CT molecular complexity index is 710. The van der Waals surface area contributed by atoms with E-state index >= 15 is 0 Å². The summed E-state index contributed by atoms with van der Waals surface area (Å²) < 4.78 is 0. The number of hydrogen-bond acceptors (Lipinski definition) is 3. The Morgan fingerprint density at radius 1 is 1.23 bits per heavy atom. The summed E-state index contributed by atoms with van der Waals surface area (Å²) in [5.41, 5.74) is 0.713. The molecule has 5 heteroatoms. The van der Waals surface area contributed by atoms with Crippen LogP contribution in [0.25, 0.3) is 0 Å². The second-order valence-corrected chi connectivity index (χ2v) is 6.58. The first-order valence-corrected chi connectivity index (χ1v) is 8.05. The van der Waals surface area contributed by atoms with Crippen molar-refractivity contribution in [3.63, 3.8) is 0 Å². The number of carboxylic acids is 1. The number of aryl methyl sites for hydroxylation is 1. The summed E-state index contributed by atoms with van der Waals surface area (Å²) in [5.74, 6) is -0.927. The number of nitrogens with zero attached hydrogens (tertiary/aromatic N) is 1. The zero-order chi connectivity index (χ0) is 15.7. The number of carbonyl (C=O) groups is 2. The highest BCUT2D eigenvalue weighted by Crippen LogP contribution is 2.36. The molecule has 1 N–H and O–H groups in total. The molecule has 3 rings (SSSR count). The van der Waals surface area contributed by atoms with Crippen LogP contribution in [0.5, 0.6) is 0 Å². The number of likely N-dealkylation sites (tertiary alicyclic amines) is 1. The molecular formula is C17H17NO3S. The number of hydrogen-bond donors (Lipinski definition) is 1. The lowest BCUT2D eigenvalue weighted by atomic mass is 9.80. The molecule has 1 aliphatic heterocycles. The van der Waals surface area contributed by atoms with Gasteiger partial charge in [-0.25, -0.2) is 0 Å². The number of carboxylic acid groups (broad SMARTS) is 1. The zero-order valence-electron chi connectivity index (χ0n) is 12.3. The SMILES string of the molecule is Cc1ccsc1C(=O)N1CCC(C(=O)O)(c2ccccc2)C1. The average Bonchev–Trinajstić information content (AvgIpc) is 3.15. The summed E-state index contributed by atoms with van der Waals surface area (Å²) in [4.78, 5) is 26.9. The van der Waals surface area contributed by atoms with Gasteiger partial charge in [-0.05, 0) is 35.9 Å². The highest BCUT2D eigenvalue weighted by Gasteiger charge is 2.47. The number of rotatable bonds is 3. The Morgan fingerprint density at radius 2 is 1.95 bits per heavy atom. The van der Waals surface area contributed by atoms with Gasteiger partial charge in [-0.2, -0.15) is 0 Å². The molecule has 1 aliphatic rings. The normalized spacial score (nSPS) is 21.0. The van der Waals surface area contributed by atoms with Gasteiger partial charge in [0.15, 0.2) is 0 Å². The van der Waals surface area contributed by atoms with Gasteiger partial charge in [-0.1, -0.05) is 30.3 Å². The van der Waals surface area contributed by atoms with E-state index in [1.807, 2.05) is 48.7 Å². The van der Waals surface area contributed by atoms with E-state index in [0.29, 0.717) is 17.8 Å². The summed E-state index contributed by atoms with van der Waals surface area (Å²) in [7, 11) is 0. The van der Waals surface area contributed by atoms with E-state index in [-0.39, 0.29) is 12.5 Å². The van der Waals surface area contributed by atoms with Crippen LogP contribution in [0.2, 0.25) is 0 Å². The molecule has 1 saturated heterocycles. The fourth-order valence-electron chi connectivity index (χ4n) is 3.01. The van der Waals surface area contributed by atoms with Crippen LogP contribution < -0.4 is 0 Å². The van der Waals surface area contributed by atoms with Gasteiger partial charge in [0.1, 0.15) is 5.41 Å². The highest BCUT2D eigenvalue weighted by molar-refractivity contribution is 7.12. The highest BCUT2D eigenvalue weighted by atomic mass is 32.1. The van der Waals surface area contributed by atoms with Gasteiger partial charge in [0.25, 0.3) is 5.91 Å². The lowest BCUT2D eigenvalue weighted by molar-refractivity contribution is -0.143. The van der Waals surface area contributed by atoms with E-state index in [4.69, 9.17) is 0 Å². The van der Waals surface area contributed by atoms with E-state index in [9.17, 15) is 14.7 Å². The molecule has 2 heterocycles. The standard InChI is InChI=1S/C17H17NO3S/c1-12-7-10-22-14(12)15(19)18-9-8-17(11-18,16(20)21)13-5-3-2-4-6-13/h2-7,10H,8-9,11H2,1H3,(H,20,21). The Balaban J connectivity index is 1.90. The largest absolute Gasteiger partial charge is 0.481 e. The molecule has 1 fully saturated rings. The first kappa shape index (κ1) is 14.8. The Kier molecular flexibility index (Phi) is 3.74. The zero-order valence-corrected chi connectivity index (χ0v) is 13.1. The van der Waals surface area contributed by atoms with Crippen LogP contribution >= 0.6 is 11.3 Å². The molecule has 1 atom stereocenters. The molecule has 0 aliphatic carbocycles. The van der Waals surface area contributed by atoms with E-state index in [1.165, 1.54) is 11.3 Å². The number of thiophene rings is 1. The maximum atomic E-state index is 12.6. The van der Waals surface area contributed by atoms with E-state index in [2.05, 4.69) is 0 Å². The fourth-order valence-corrected chi connectivity index (χ4v) is 3.90. The predicted molar refractivity (Wildman–Crippen MR) is 85.3 cm³/mol. The lowest BCUT2D eigenvalue weighted by Crippen LogP contribution is -2.40. The van der Waals surface area contributed by atoms with Crippen molar-refractivity contribution in [1.29, 1.82) is 0 Å². The van der Waals surface area contributed by atoms with Crippen LogP contribution in [0.15, 0.2) is 41.8 Å². The summed E-state index contributed by atoms with van der Waals surface area (Å²) in [6.45, 7) is 2.60. The van der Waals surface area contributed by atoms with E-state index in [1.54, 1.807) is 4.90 Å². The van der Waals surface area contributed by atoms with Gasteiger partial charge < -0.3 is 10.0 Å². The van der Waals surface area contributed by atoms with Crippen LogP contribution in [0.4, 0.5) is 0 Å². The molecule has 1 aromatic heterocycles. The summed E-state index contributed by atoms with van der Waals surface area (Å²) in [6, 6.07) is 11.1. The summed E-state index contributed by atoms with van der Waals surface area (Å²) in [5, 5.41) is 11.7. The second kappa shape index (κ2) is 5.57. The van der Waals surface area contributed by atoms with Crippen molar-refractivity contribution in [2.24, 2.45) is 0 Å². The molecule has 1 amide bonds. The van der Waals surface area contributed by atoms with Gasteiger partial charge in [-0.15, -0.1) is 11.3 Å². The van der Waals surface area contributed by atoms with Gasteiger partial charge in [0.05, 0.1) is 4.88 Å². The third-order valence-corrected chi connectivity index (χ3v) is 5.35. The van der Waals surface area contributed by atoms with Crippen molar-refractivity contribution in [3.05, 3.63) is 57.8 Å². The molecule has 0 saturated carbocycles. The molecule has 0 bridgehead atoms. The Morgan fingerprint density at radius 3 is 2.55 bits per heavy atom. The lowest BCUT2D eigenvalue weighted by Gasteiger charge is -2.25. The van der Waals surface area contributed by atoms with Gasteiger partial charge in [-0.3, -0.25) is 9.59 Å². The third-order valence-electron chi connectivity index (χ3n) is 4.35. The number of benzene rings is 1. The molecule has 114 valence electrons. The molecule has 1 aromatic carbocycles. The molecule has 0 radical (unpaired) electrons. The van der Waals surface area contributed by atoms with Crippen molar-refractivity contribution in [3.8, 4) is 0 Å². The molecular weight excluding hydrogens is 298 g/mol. The van der Waals surface area contributed by atoms with Crippen LogP contribution in [-0.2, 0) is 10.2 Å². The maximum Gasteiger partial charge on any atom is 0.316 e. The minimum atomic E-state index is -0.998. The monoisotopic (exact) mass is 315 g/mol. The Labute approximate surface area is 133 Å². The molecule has 1 unspecified atom stereocenters. The van der Waals surface area contributed by atoms with Crippen LogP contribution in [0, 0.1) is 6.92 Å². The quantitative estimate of drug-likeness (QED) is 0.947. The van der Waals surface area contributed by atoms with Crippen LogP contribution in [0.1, 0.15) is 27.2 Å². The average molecular weight is 315 g/mol. The van der Waals surface area contributed by atoms with Gasteiger partial charge in [0, 0.05) is 13.1 Å². The van der Waals surface area contributed by atoms with Crippen LogP contribution in [0.3, 0.4) is 0 Å². The Hall–Kier alpha value is -2.14. The maximum absolute atomic E-state index is 12.6. The minimum Gasteiger partial charge on any atom is -0.481 e. The van der Waals surface area contributed by atoms with Crippen molar-refractivity contribution in [2.75, 3.05) is 13.1 Å². The van der Waals surface area contributed by atoms with Gasteiger partial charge in [0.2, 0.25) is 0 Å². The molecule has 2 aromatic rings. The number of aliphatic carboxylic acids is 1. The van der Waals surface area contributed by atoms with Crippen molar-refractivity contribution in [1.82, 2.24) is 4.90 Å². The fraction of sp³-hybridized carbons (Fsp3) is 0.294. The topological polar surface area (TPSA) is 57.6 Å². The number of carbonyl (C=O) groups excluding carboxylic acids is 1. The number of amides is 1.